The quantitative estimate of drug-likeness (QED) is 0.188. The number of ether oxygens (including phenoxy) is 1. The van der Waals surface area contributed by atoms with Gasteiger partial charge in [0.1, 0.15) is 23.0 Å². The van der Waals surface area contributed by atoms with Gasteiger partial charge in [-0.25, -0.2) is 0 Å². The standard InChI is InChI=1S/C48H30N2O2/c1-2-11-30(12-3-1)49-40-17-7-4-13-33(40)37-28-43-38(27-42(37)49)34-14-5-8-18-41(34)50(43)31-22-24-45-39(26-31)48-32(16-10-20-46(48)51-45)29-21-23-36-35-15-6-9-19-44(35)52-47(36)25-29/h1-18,20-28,44H,19H2. The second-order valence-electron chi connectivity index (χ2n) is 14.0. The molecule has 1 unspecified atom stereocenters. The fourth-order valence-corrected chi connectivity index (χ4v) is 8.92. The molecule has 0 saturated carbocycles. The van der Waals surface area contributed by atoms with Crippen molar-refractivity contribution in [2.24, 2.45) is 0 Å². The number of fused-ring (bicyclic) bond motifs is 12. The Kier molecular flexibility index (Phi) is 5.58. The Bertz CT molecular complexity index is 3190. The van der Waals surface area contributed by atoms with Gasteiger partial charge >= 0.3 is 0 Å². The minimum Gasteiger partial charge on any atom is -0.485 e. The van der Waals surface area contributed by atoms with Crippen molar-refractivity contribution in [3.8, 4) is 28.3 Å². The normalized spacial score (nSPS) is 15.2. The lowest BCUT2D eigenvalue weighted by Crippen LogP contribution is -2.12. The zero-order chi connectivity index (χ0) is 33.9. The van der Waals surface area contributed by atoms with Gasteiger partial charge in [-0.1, -0.05) is 97.1 Å². The van der Waals surface area contributed by atoms with Crippen LogP contribution in [0.4, 0.5) is 0 Å². The van der Waals surface area contributed by atoms with Crippen molar-refractivity contribution in [3.05, 3.63) is 169 Å². The molecular weight excluding hydrogens is 637 g/mol. The molecule has 244 valence electrons. The summed E-state index contributed by atoms with van der Waals surface area (Å²) in [6, 6.07) is 52.6. The number of rotatable bonds is 3. The zero-order valence-corrected chi connectivity index (χ0v) is 28.1. The number of allylic oxidation sites excluding steroid dienone is 2. The Morgan fingerprint density at radius 2 is 1.23 bits per heavy atom. The summed E-state index contributed by atoms with van der Waals surface area (Å²) in [5.41, 5.74) is 13.5. The highest BCUT2D eigenvalue weighted by molar-refractivity contribution is 6.19. The Morgan fingerprint density at radius 3 is 2.02 bits per heavy atom. The van der Waals surface area contributed by atoms with Crippen LogP contribution in [0.25, 0.3) is 93.6 Å². The fraction of sp³-hybridized carbons (Fsp3) is 0.0417. The van der Waals surface area contributed by atoms with Gasteiger partial charge < -0.3 is 18.3 Å². The van der Waals surface area contributed by atoms with Crippen LogP contribution >= 0.6 is 0 Å². The highest BCUT2D eigenvalue weighted by Crippen LogP contribution is 2.45. The summed E-state index contributed by atoms with van der Waals surface area (Å²) in [7, 11) is 0. The van der Waals surface area contributed by atoms with E-state index in [1.807, 2.05) is 0 Å². The van der Waals surface area contributed by atoms with E-state index in [-0.39, 0.29) is 6.10 Å². The molecule has 10 aromatic rings. The number of benzene rings is 7. The molecule has 1 aliphatic heterocycles. The van der Waals surface area contributed by atoms with Crippen molar-refractivity contribution in [3.63, 3.8) is 0 Å². The van der Waals surface area contributed by atoms with Crippen LogP contribution in [0.15, 0.2) is 168 Å². The number of furan rings is 1. The van der Waals surface area contributed by atoms with Gasteiger partial charge in [-0.05, 0) is 77.9 Å². The SMILES string of the molecule is C1=CCC2Oc3cc(-c4cccc5oc6ccc(-n7c8ccccc8c8cc9c(cc87)c7ccccc7n9-c7ccccc7)cc6c45)ccc3C2=C1. The summed E-state index contributed by atoms with van der Waals surface area (Å²) in [5, 5.41) is 7.14. The van der Waals surface area contributed by atoms with Crippen molar-refractivity contribution in [2.75, 3.05) is 0 Å². The summed E-state index contributed by atoms with van der Waals surface area (Å²) in [5.74, 6) is 0.952. The van der Waals surface area contributed by atoms with E-state index in [9.17, 15) is 0 Å². The van der Waals surface area contributed by atoms with Crippen molar-refractivity contribution < 1.29 is 9.15 Å². The largest absolute Gasteiger partial charge is 0.485 e. The van der Waals surface area contributed by atoms with Gasteiger partial charge in [0.05, 0.1) is 22.1 Å². The van der Waals surface area contributed by atoms with Gasteiger partial charge in [0, 0.05) is 61.2 Å². The van der Waals surface area contributed by atoms with Gasteiger partial charge in [-0.3, -0.25) is 0 Å². The molecule has 52 heavy (non-hydrogen) atoms. The molecule has 7 aromatic carbocycles. The third-order valence-electron chi connectivity index (χ3n) is 11.2. The summed E-state index contributed by atoms with van der Waals surface area (Å²) >= 11 is 0. The van der Waals surface area contributed by atoms with Crippen LogP contribution in [-0.2, 0) is 0 Å². The number of hydrogen-bond acceptors (Lipinski definition) is 2. The van der Waals surface area contributed by atoms with Crippen LogP contribution in [0, 0.1) is 0 Å². The molecule has 4 heteroatoms. The van der Waals surface area contributed by atoms with E-state index in [1.165, 1.54) is 54.7 Å². The first kappa shape index (κ1) is 28.0. The first-order valence-corrected chi connectivity index (χ1v) is 17.9. The number of hydrogen-bond donors (Lipinski definition) is 0. The lowest BCUT2D eigenvalue weighted by Gasteiger charge is -2.12. The molecule has 0 fully saturated rings. The average Bonchev–Trinajstić information content (AvgIpc) is 3.94. The lowest BCUT2D eigenvalue weighted by atomic mass is 9.94. The smallest absolute Gasteiger partial charge is 0.136 e. The van der Waals surface area contributed by atoms with Crippen molar-refractivity contribution in [1.82, 2.24) is 9.13 Å². The van der Waals surface area contributed by atoms with Crippen LogP contribution < -0.4 is 4.74 Å². The van der Waals surface area contributed by atoms with Crippen LogP contribution in [-0.4, -0.2) is 15.2 Å². The van der Waals surface area contributed by atoms with E-state index >= 15 is 0 Å². The summed E-state index contributed by atoms with van der Waals surface area (Å²) < 4.78 is 17.8. The van der Waals surface area contributed by atoms with E-state index < -0.39 is 0 Å². The summed E-state index contributed by atoms with van der Waals surface area (Å²) in [6.07, 6.45) is 7.51. The molecule has 4 heterocycles. The molecule has 4 nitrogen and oxygen atoms in total. The van der Waals surface area contributed by atoms with Crippen molar-refractivity contribution in [2.45, 2.75) is 12.5 Å². The minimum atomic E-state index is 0.102. The van der Waals surface area contributed by atoms with Gasteiger partial charge in [-0.2, -0.15) is 0 Å². The molecule has 1 atom stereocenters. The maximum absolute atomic E-state index is 6.52. The Morgan fingerprint density at radius 1 is 0.500 bits per heavy atom. The summed E-state index contributed by atoms with van der Waals surface area (Å²) in [6.45, 7) is 0. The second-order valence-corrected chi connectivity index (χ2v) is 14.0. The highest BCUT2D eigenvalue weighted by Gasteiger charge is 2.29. The number of aromatic nitrogens is 2. The molecule has 0 radical (unpaired) electrons. The first-order valence-electron chi connectivity index (χ1n) is 17.9. The van der Waals surface area contributed by atoms with Gasteiger partial charge in [0.25, 0.3) is 0 Å². The van der Waals surface area contributed by atoms with Gasteiger partial charge in [0.2, 0.25) is 0 Å². The molecule has 0 bridgehead atoms. The number of para-hydroxylation sites is 3. The zero-order valence-electron chi connectivity index (χ0n) is 28.1. The monoisotopic (exact) mass is 666 g/mol. The molecule has 1 aliphatic carbocycles. The van der Waals surface area contributed by atoms with Crippen LogP contribution in [0.5, 0.6) is 5.75 Å². The second kappa shape index (κ2) is 10.4. The highest BCUT2D eigenvalue weighted by atomic mass is 16.5. The third kappa shape index (κ3) is 3.81. The van der Waals surface area contributed by atoms with Gasteiger partial charge in [-0.15, -0.1) is 0 Å². The molecule has 0 spiro atoms. The fourth-order valence-electron chi connectivity index (χ4n) is 8.92. The van der Waals surface area contributed by atoms with E-state index in [0.717, 1.165) is 56.6 Å². The molecule has 12 rings (SSSR count). The first-order chi connectivity index (χ1) is 25.8. The third-order valence-corrected chi connectivity index (χ3v) is 11.2. The molecular formula is C48H30N2O2. The summed E-state index contributed by atoms with van der Waals surface area (Å²) in [4.78, 5) is 0. The molecule has 2 aliphatic rings. The molecule has 3 aromatic heterocycles. The topological polar surface area (TPSA) is 32.2 Å². The lowest BCUT2D eigenvalue weighted by molar-refractivity contribution is 0.279. The Hall–Kier alpha value is -6.78. The van der Waals surface area contributed by atoms with E-state index in [0.29, 0.717) is 0 Å². The molecule has 0 amide bonds. The van der Waals surface area contributed by atoms with Crippen LogP contribution in [0.2, 0.25) is 0 Å². The van der Waals surface area contributed by atoms with E-state index in [4.69, 9.17) is 9.15 Å². The van der Waals surface area contributed by atoms with Crippen molar-refractivity contribution in [1.29, 1.82) is 0 Å². The predicted octanol–water partition coefficient (Wildman–Crippen LogP) is 12.6. The van der Waals surface area contributed by atoms with E-state index in [1.54, 1.807) is 0 Å². The minimum absolute atomic E-state index is 0.102. The van der Waals surface area contributed by atoms with Gasteiger partial charge in [0.15, 0.2) is 0 Å². The van der Waals surface area contributed by atoms with E-state index in [2.05, 4.69) is 173 Å². The Balaban J connectivity index is 1.10. The molecule has 0 N–H and O–H groups in total. The number of nitrogens with zero attached hydrogens (tertiary/aromatic N) is 2. The average molecular weight is 667 g/mol. The van der Waals surface area contributed by atoms with Crippen LogP contribution in [0.1, 0.15) is 12.0 Å². The van der Waals surface area contributed by atoms with Crippen LogP contribution in [0.3, 0.4) is 0 Å². The maximum atomic E-state index is 6.52. The van der Waals surface area contributed by atoms with Crippen molar-refractivity contribution >= 4 is 71.1 Å². The maximum Gasteiger partial charge on any atom is 0.136 e. The predicted molar refractivity (Wildman–Crippen MR) is 214 cm³/mol. The molecule has 0 saturated heterocycles. The Labute approximate surface area is 298 Å².